The highest BCUT2D eigenvalue weighted by molar-refractivity contribution is 7.82. The molecule has 2 N–H and O–H groups in total. The molecule has 7 nitrogen and oxygen atoms in total. The Morgan fingerprint density at radius 1 is 1.16 bits per heavy atom. The Hall–Kier alpha value is -3.26. The molecule has 0 fully saturated rings. The Bertz CT molecular complexity index is 1030. The minimum Gasteiger partial charge on any atom is -0.423 e. The molecule has 0 spiro atoms. The Kier molecular flexibility index (Phi) is 3.87. The number of nitrogens with one attached hydrogen (secondary N) is 2. The lowest BCUT2D eigenvalue weighted by molar-refractivity contribution is 0.259. The van der Waals surface area contributed by atoms with E-state index in [0.29, 0.717) is 11.4 Å². The zero-order valence-electron chi connectivity index (χ0n) is 12.9. The number of aromatic nitrogens is 3. The number of oxazole rings is 1. The monoisotopic (exact) mass is 351 g/mol. The zero-order valence-corrected chi connectivity index (χ0v) is 13.8. The molecule has 0 atom stereocenters. The molecular formula is C17H13N5O2S. The molecule has 2 heterocycles. The van der Waals surface area contributed by atoms with Crippen molar-refractivity contribution in [3.05, 3.63) is 60.9 Å². The fourth-order valence-corrected chi connectivity index (χ4v) is 2.57. The third-order valence-corrected chi connectivity index (χ3v) is 4.05. The molecule has 0 bridgehead atoms. The number of H-pyrrole nitrogens is 1. The van der Waals surface area contributed by atoms with Gasteiger partial charge < -0.3 is 4.42 Å². The van der Waals surface area contributed by atoms with Gasteiger partial charge in [0.15, 0.2) is 5.76 Å². The largest absolute Gasteiger partial charge is 0.423 e. The molecule has 8 heteroatoms. The molecule has 0 aliphatic rings. The van der Waals surface area contributed by atoms with E-state index in [-0.39, 0.29) is 6.01 Å². The molecule has 0 aliphatic carbocycles. The average molecular weight is 351 g/mol. The lowest BCUT2D eigenvalue weighted by atomic mass is 10.2. The number of urea groups is 1. The summed E-state index contributed by atoms with van der Waals surface area (Å²) in [5.74, 6) is 0.571. The van der Waals surface area contributed by atoms with E-state index in [1.54, 1.807) is 24.5 Å². The van der Waals surface area contributed by atoms with Crippen molar-refractivity contribution in [2.45, 2.75) is 0 Å². The first-order valence-corrected chi connectivity index (χ1v) is 7.85. The first-order valence-electron chi connectivity index (χ1n) is 7.45. The van der Waals surface area contributed by atoms with E-state index in [2.05, 4.69) is 33.3 Å². The van der Waals surface area contributed by atoms with Gasteiger partial charge in [0.25, 0.3) is 0 Å². The molecule has 0 aliphatic heterocycles. The molecule has 4 rings (SSSR count). The molecule has 0 unspecified atom stereocenters. The van der Waals surface area contributed by atoms with Gasteiger partial charge in [-0.2, -0.15) is 5.10 Å². The van der Waals surface area contributed by atoms with Crippen molar-refractivity contribution in [3.63, 3.8) is 0 Å². The van der Waals surface area contributed by atoms with E-state index < -0.39 is 6.03 Å². The van der Waals surface area contributed by atoms with Gasteiger partial charge in [0.05, 0.1) is 23.6 Å². The molecule has 2 amide bonds. The van der Waals surface area contributed by atoms with Crippen molar-refractivity contribution >= 4 is 41.5 Å². The lowest BCUT2D eigenvalue weighted by Gasteiger charge is -2.15. The number of nitrogens with zero attached hydrogens (tertiary/aromatic N) is 3. The maximum Gasteiger partial charge on any atom is 0.339 e. The molecule has 0 radical (unpaired) electrons. The summed E-state index contributed by atoms with van der Waals surface area (Å²) in [5, 5.41) is 10.3. The standard InChI is InChI=1S/C17H13N5O2S/c23-17(22(25)13-6-7-14-12(8-13)9-19-21-14)20-16-18-10-15(24-16)11-4-2-1-3-5-11/h1-10,25H,(H,19,21)(H,18,20,23). The van der Waals surface area contributed by atoms with Crippen LogP contribution in [0.1, 0.15) is 0 Å². The SMILES string of the molecule is O=C(Nc1ncc(-c2ccccc2)o1)N(S)c1ccc2[nH]ncc2c1. The van der Waals surface area contributed by atoms with E-state index in [9.17, 15) is 4.79 Å². The summed E-state index contributed by atoms with van der Waals surface area (Å²) in [6, 6.07) is 14.5. The number of carbonyl (C=O) groups excluding carboxylic acids is 1. The second kappa shape index (κ2) is 6.33. The summed E-state index contributed by atoms with van der Waals surface area (Å²) < 4.78 is 6.74. The number of anilines is 2. The predicted octanol–water partition coefficient (Wildman–Crippen LogP) is 4.10. The number of amides is 2. The number of carbonyl (C=O) groups is 1. The molecule has 124 valence electrons. The summed E-state index contributed by atoms with van der Waals surface area (Å²) in [5.41, 5.74) is 2.36. The highest BCUT2D eigenvalue weighted by Crippen LogP contribution is 2.25. The molecule has 4 aromatic rings. The van der Waals surface area contributed by atoms with E-state index in [4.69, 9.17) is 4.42 Å². The second-order valence-corrected chi connectivity index (χ2v) is 5.68. The zero-order chi connectivity index (χ0) is 17.2. The Morgan fingerprint density at radius 2 is 2.00 bits per heavy atom. The highest BCUT2D eigenvalue weighted by Gasteiger charge is 2.16. The van der Waals surface area contributed by atoms with Crippen molar-refractivity contribution in [3.8, 4) is 11.3 Å². The highest BCUT2D eigenvalue weighted by atomic mass is 32.1. The maximum atomic E-state index is 12.3. The van der Waals surface area contributed by atoms with Crippen LogP contribution >= 0.6 is 12.8 Å². The van der Waals surface area contributed by atoms with Crippen LogP contribution in [0.3, 0.4) is 0 Å². The number of aromatic amines is 1. The van der Waals surface area contributed by atoms with Crippen LogP contribution in [0.5, 0.6) is 0 Å². The summed E-state index contributed by atoms with van der Waals surface area (Å²) in [7, 11) is 0. The van der Waals surface area contributed by atoms with E-state index in [1.165, 1.54) is 4.31 Å². The summed E-state index contributed by atoms with van der Waals surface area (Å²) >= 11 is 4.25. The van der Waals surface area contributed by atoms with Crippen molar-refractivity contribution in [1.82, 2.24) is 15.2 Å². The summed E-state index contributed by atoms with van der Waals surface area (Å²) in [6.45, 7) is 0. The Morgan fingerprint density at radius 3 is 2.84 bits per heavy atom. The molecule has 0 saturated heterocycles. The normalized spacial score (nSPS) is 10.8. The molecule has 2 aromatic carbocycles. The van der Waals surface area contributed by atoms with E-state index in [0.717, 1.165) is 16.5 Å². The van der Waals surface area contributed by atoms with Gasteiger partial charge in [-0.3, -0.25) is 10.4 Å². The lowest BCUT2D eigenvalue weighted by Crippen LogP contribution is -2.26. The number of rotatable bonds is 3. The number of thiol groups is 1. The van der Waals surface area contributed by atoms with Crippen LogP contribution in [0, 0.1) is 0 Å². The van der Waals surface area contributed by atoms with Gasteiger partial charge in [0.1, 0.15) is 0 Å². The van der Waals surface area contributed by atoms with E-state index >= 15 is 0 Å². The van der Waals surface area contributed by atoms with Crippen LogP contribution in [-0.4, -0.2) is 21.2 Å². The summed E-state index contributed by atoms with van der Waals surface area (Å²) in [6.07, 6.45) is 3.24. The van der Waals surface area contributed by atoms with Gasteiger partial charge in [-0.1, -0.05) is 43.1 Å². The van der Waals surface area contributed by atoms with Crippen LogP contribution in [-0.2, 0) is 0 Å². The molecule has 25 heavy (non-hydrogen) atoms. The molecular weight excluding hydrogens is 338 g/mol. The Balaban J connectivity index is 1.50. The number of hydrogen-bond acceptors (Lipinski definition) is 5. The Labute approximate surface area is 148 Å². The maximum absolute atomic E-state index is 12.3. The quantitative estimate of drug-likeness (QED) is 0.485. The smallest absolute Gasteiger partial charge is 0.339 e. The van der Waals surface area contributed by atoms with Crippen LogP contribution in [0.4, 0.5) is 16.5 Å². The third-order valence-electron chi connectivity index (χ3n) is 3.64. The van der Waals surface area contributed by atoms with Crippen molar-refractivity contribution < 1.29 is 9.21 Å². The number of benzene rings is 2. The number of hydrogen-bond donors (Lipinski definition) is 3. The minimum absolute atomic E-state index is 0.104. The molecule has 0 saturated carbocycles. The fourth-order valence-electron chi connectivity index (χ4n) is 2.39. The van der Waals surface area contributed by atoms with E-state index in [1.807, 2.05) is 36.4 Å². The van der Waals surface area contributed by atoms with Gasteiger partial charge in [-0.05, 0) is 18.2 Å². The van der Waals surface area contributed by atoms with Crippen molar-refractivity contribution in [2.24, 2.45) is 0 Å². The van der Waals surface area contributed by atoms with Crippen LogP contribution in [0.25, 0.3) is 22.2 Å². The third kappa shape index (κ3) is 3.07. The first kappa shape index (κ1) is 15.3. The fraction of sp³-hybridized carbons (Fsp3) is 0. The summed E-state index contributed by atoms with van der Waals surface area (Å²) in [4.78, 5) is 16.4. The van der Waals surface area contributed by atoms with Crippen LogP contribution < -0.4 is 9.62 Å². The number of fused-ring (bicyclic) bond motifs is 1. The predicted molar refractivity (Wildman–Crippen MR) is 98.5 cm³/mol. The first-order chi connectivity index (χ1) is 12.2. The van der Waals surface area contributed by atoms with Gasteiger partial charge >= 0.3 is 12.0 Å². The van der Waals surface area contributed by atoms with Gasteiger partial charge in [0, 0.05) is 10.9 Å². The van der Waals surface area contributed by atoms with Gasteiger partial charge in [-0.15, -0.1) is 0 Å². The van der Waals surface area contributed by atoms with Crippen LogP contribution in [0.15, 0.2) is 65.3 Å². The minimum atomic E-state index is -0.479. The second-order valence-electron chi connectivity index (χ2n) is 5.28. The van der Waals surface area contributed by atoms with Gasteiger partial charge in [-0.25, -0.2) is 14.1 Å². The average Bonchev–Trinajstić information content (AvgIpc) is 3.30. The van der Waals surface area contributed by atoms with Gasteiger partial charge in [0.2, 0.25) is 0 Å². The van der Waals surface area contributed by atoms with Crippen molar-refractivity contribution in [1.29, 1.82) is 0 Å². The molecule has 2 aromatic heterocycles. The van der Waals surface area contributed by atoms with Crippen LogP contribution in [0.2, 0.25) is 0 Å². The van der Waals surface area contributed by atoms with Crippen molar-refractivity contribution in [2.75, 3.05) is 9.62 Å². The topological polar surface area (TPSA) is 87.0 Å².